The number of carbonyl (C=O) groups is 1. The minimum absolute atomic E-state index is 0.00772. The molecule has 134 valence electrons. The Kier molecular flexibility index (Phi) is 4.28. The number of aromatic nitrogens is 4. The van der Waals surface area contributed by atoms with Gasteiger partial charge in [0.1, 0.15) is 5.82 Å². The van der Waals surface area contributed by atoms with Crippen molar-refractivity contribution in [1.82, 2.24) is 19.3 Å². The third kappa shape index (κ3) is 2.80. The molecule has 1 N–H and O–H groups in total. The van der Waals surface area contributed by atoms with Crippen LogP contribution in [0.4, 0.5) is 5.82 Å². The van der Waals surface area contributed by atoms with Crippen molar-refractivity contribution in [3.63, 3.8) is 0 Å². The van der Waals surface area contributed by atoms with E-state index in [2.05, 4.69) is 21.8 Å². The fourth-order valence-electron chi connectivity index (χ4n) is 3.66. The van der Waals surface area contributed by atoms with E-state index in [-0.39, 0.29) is 11.8 Å². The Morgan fingerprint density at radius 1 is 1.35 bits per heavy atom. The van der Waals surface area contributed by atoms with Crippen LogP contribution >= 0.6 is 11.6 Å². The number of aryl methyl sites for hydroxylation is 2. The van der Waals surface area contributed by atoms with Crippen LogP contribution in [-0.2, 0) is 17.9 Å². The van der Waals surface area contributed by atoms with Crippen molar-refractivity contribution in [1.29, 1.82) is 0 Å². The van der Waals surface area contributed by atoms with E-state index in [4.69, 9.17) is 16.7 Å². The van der Waals surface area contributed by atoms with Crippen LogP contribution in [0.2, 0.25) is 5.02 Å². The first-order valence-electron chi connectivity index (χ1n) is 8.69. The molecule has 0 saturated carbocycles. The summed E-state index contributed by atoms with van der Waals surface area (Å²) in [6.07, 6.45) is 4.06. The number of carbonyl (C=O) groups excluding carboxylic acids is 1. The molecule has 0 spiro atoms. The van der Waals surface area contributed by atoms with Gasteiger partial charge in [-0.05, 0) is 25.5 Å². The molecule has 1 amide bonds. The van der Waals surface area contributed by atoms with Gasteiger partial charge in [0.2, 0.25) is 5.91 Å². The van der Waals surface area contributed by atoms with Gasteiger partial charge in [0, 0.05) is 41.4 Å². The first-order valence-corrected chi connectivity index (χ1v) is 9.06. The predicted octanol–water partition coefficient (Wildman–Crippen LogP) is 3.58. The summed E-state index contributed by atoms with van der Waals surface area (Å²) < 4.78 is 3.92. The number of fused-ring (bicyclic) bond motifs is 1. The highest BCUT2D eigenvalue weighted by Crippen LogP contribution is 2.39. The lowest BCUT2D eigenvalue weighted by molar-refractivity contribution is -0.116. The van der Waals surface area contributed by atoms with Crippen LogP contribution in [0.3, 0.4) is 0 Å². The molecule has 26 heavy (non-hydrogen) atoms. The smallest absolute Gasteiger partial charge is 0.226 e. The number of hydrogen-bond donors (Lipinski definition) is 1. The molecule has 0 aliphatic carbocycles. The lowest BCUT2D eigenvalue weighted by Crippen LogP contribution is -2.26. The van der Waals surface area contributed by atoms with E-state index in [1.807, 2.05) is 48.4 Å². The van der Waals surface area contributed by atoms with Gasteiger partial charge < -0.3 is 9.88 Å². The van der Waals surface area contributed by atoms with Crippen LogP contribution in [0.5, 0.6) is 0 Å². The summed E-state index contributed by atoms with van der Waals surface area (Å²) in [5, 5.41) is 8.39. The Morgan fingerprint density at radius 2 is 2.15 bits per heavy atom. The number of anilines is 1. The average Bonchev–Trinajstić information content (AvgIpc) is 3.21. The lowest BCUT2D eigenvalue weighted by Gasteiger charge is -2.24. The fraction of sp³-hybridized carbons (Fsp3) is 0.316. The predicted molar refractivity (Wildman–Crippen MR) is 101 cm³/mol. The van der Waals surface area contributed by atoms with E-state index >= 15 is 0 Å². The van der Waals surface area contributed by atoms with E-state index in [9.17, 15) is 4.79 Å². The minimum atomic E-state index is -0.0406. The van der Waals surface area contributed by atoms with Gasteiger partial charge in [0.15, 0.2) is 0 Å². The standard InChI is InChI=1S/C19H20ClN5O/c1-3-24-11-21-9-16(24)14-8-17(26)22-19-18(14)12(2)23-25(19)10-13-6-4-5-7-15(13)20/h4-7,9,11,14H,3,8,10H2,1-2H3,(H,22,26)/t14-/m0/s1. The van der Waals surface area contributed by atoms with E-state index in [1.54, 1.807) is 0 Å². The monoisotopic (exact) mass is 369 g/mol. The van der Waals surface area contributed by atoms with E-state index in [1.165, 1.54) is 0 Å². The van der Waals surface area contributed by atoms with Gasteiger partial charge >= 0.3 is 0 Å². The topological polar surface area (TPSA) is 64.7 Å². The summed E-state index contributed by atoms with van der Waals surface area (Å²) in [6, 6.07) is 7.69. The van der Waals surface area contributed by atoms with E-state index in [0.717, 1.165) is 34.9 Å². The highest BCUT2D eigenvalue weighted by Gasteiger charge is 2.33. The minimum Gasteiger partial charge on any atom is -0.334 e. The van der Waals surface area contributed by atoms with Crippen LogP contribution in [0.25, 0.3) is 0 Å². The third-order valence-electron chi connectivity index (χ3n) is 4.89. The van der Waals surface area contributed by atoms with Gasteiger partial charge in [-0.1, -0.05) is 29.8 Å². The first kappa shape index (κ1) is 16.8. The molecule has 1 aliphatic heterocycles. The molecular formula is C19H20ClN5O. The Bertz CT molecular complexity index is 974. The molecule has 1 atom stereocenters. The highest BCUT2D eigenvalue weighted by atomic mass is 35.5. The van der Waals surface area contributed by atoms with Crippen LogP contribution in [0, 0.1) is 6.92 Å². The Balaban J connectivity index is 1.79. The average molecular weight is 370 g/mol. The second-order valence-electron chi connectivity index (χ2n) is 6.51. The Hall–Kier alpha value is -2.60. The molecule has 0 radical (unpaired) electrons. The summed E-state index contributed by atoms with van der Waals surface area (Å²) >= 11 is 6.30. The van der Waals surface area contributed by atoms with Crippen molar-refractivity contribution < 1.29 is 4.79 Å². The van der Waals surface area contributed by atoms with E-state index < -0.39 is 0 Å². The molecule has 0 bridgehead atoms. The van der Waals surface area contributed by atoms with Gasteiger partial charge in [0.25, 0.3) is 0 Å². The number of rotatable bonds is 4. The zero-order valence-electron chi connectivity index (χ0n) is 14.7. The summed E-state index contributed by atoms with van der Waals surface area (Å²) in [4.78, 5) is 16.7. The first-order chi connectivity index (χ1) is 12.6. The summed E-state index contributed by atoms with van der Waals surface area (Å²) in [6.45, 7) is 5.38. The van der Waals surface area contributed by atoms with Crippen molar-refractivity contribution >= 4 is 23.3 Å². The number of imidazole rings is 1. The molecule has 7 heteroatoms. The number of nitrogens with one attached hydrogen (secondary N) is 1. The maximum Gasteiger partial charge on any atom is 0.226 e. The Labute approximate surface area is 156 Å². The number of benzene rings is 1. The second kappa shape index (κ2) is 6.61. The zero-order chi connectivity index (χ0) is 18.3. The number of hydrogen-bond acceptors (Lipinski definition) is 3. The number of amides is 1. The van der Waals surface area contributed by atoms with Crippen LogP contribution < -0.4 is 5.32 Å². The summed E-state index contributed by atoms with van der Waals surface area (Å²) in [5.41, 5.74) is 3.99. The van der Waals surface area contributed by atoms with Gasteiger partial charge in [-0.3, -0.25) is 4.79 Å². The maximum absolute atomic E-state index is 12.4. The van der Waals surface area contributed by atoms with Crippen molar-refractivity contribution in [2.75, 3.05) is 5.32 Å². The lowest BCUT2D eigenvalue weighted by atomic mass is 9.89. The molecular weight excluding hydrogens is 350 g/mol. The van der Waals surface area contributed by atoms with Crippen LogP contribution in [0.1, 0.15) is 41.8 Å². The molecule has 0 unspecified atom stereocenters. The maximum atomic E-state index is 12.4. The van der Waals surface area contributed by atoms with Gasteiger partial charge in [-0.2, -0.15) is 5.10 Å². The largest absolute Gasteiger partial charge is 0.334 e. The molecule has 0 saturated heterocycles. The fourth-order valence-corrected chi connectivity index (χ4v) is 3.85. The zero-order valence-corrected chi connectivity index (χ0v) is 15.5. The summed E-state index contributed by atoms with van der Waals surface area (Å²) in [7, 11) is 0. The normalized spacial score (nSPS) is 16.4. The third-order valence-corrected chi connectivity index (χ3v) is 5.26. The number of nitrogens with zero attached hydrogens (tertiary/aromatic N) is 4. The van der Waals surface area contributed by atoms with Crippen molar-refractivity contribution in [3.05, 3.63) is 64.3 Å². The quantitative estimate of drug-likeness (QED) is 0.764. The molecule has 3 heterocycles. The SMILES string of the molecule is CCn1cncc1[C@@H]1CC(=O)Nc2c1c(C)nn2Cc1ccccc1Cl. The molecule has 6 nitrogen and oxygen atoms in total. The molecule has 0 fully saturated rings. The van der Waals surface area contributed by atoms with Crippen molar-refractivity contribution in [2.45, 2.75) is 39.3 Å². The van der Waals surface area contributed by atoms with E-state index in [0.29, 0.717) is 18.0 Å². The Morgan fingerprint density at radius 3 is 2.92 bits per heavy atom. The van der Waals surface area contributed by atoms with Crippen molar-refractivity contribution in [3.8, 4) is 0 Å². The highest BCUT2D eigenvalue weighted by molar-refractivity contribution is 6.31. The molecule has 4 rings (SSSR count). The number of halogens is 1. The molecule has 1 aliphatic rings. The molecule has 2 aromatic heterocycles. The molecule has 3 aromatic rings. The second-order valence-corrected chi connectivity index (χ2v) is 6.91. The van der Waals surface area contributed by atoms with Crippen LogP contribution in [-0.4, -0.2) is 25.2 Å². The summed E-state index contributed by atoms with van der Waals surface area (Å²) in [5.74, 6) is 0.709. The van der Waals surface area contributed by atoms with Crippen molar-refractivity contribution in [2.24, 2.45) is 0 Å². The van der Waals surface area contributed by atoms with Crippen LogP contribution in [0.15, 0.2) is 36.8 Å². The van der Waals surface area contributed by atoms with Gasteiger partial charge in [0.05, 0.1) is 18.6 Å². The molecule has 1 aromatic carbocycles. The van der Waals surface area contributed by atoms with Gasteiger partial charge in [-0.15, -0.1) is 0 Å². The van der Waals surface area contributed by atoms with Gasteiger partial charge in [-0.25, -0.2) is 9.67 Å².